The van der Waals surface area contributed by atoms with Gasteiger partial charge in [0.25, 0.3) is 0 Å². The summed E-state index contributed by atoms with van der Waals surface area (Å²) in [6.45, 7) is 9.27. The van der Waals surface area contributed by atoms with Crippen molar-refractivity contribution in [1.29, 1.82) is 0 Å². The second kappa shape index (κ2) is 7.59. The molecule has 0 saturated heterocycles. The van der Waals surface area contributed by atoms with Gasteiger partial charge in [0.15, 0.2) is 0 Å². The van der Waals surface area contributed by atoms with Crippen LogP contribution < -0.4 is 5.32 Å². The Morgan fingerprint density at radius 2 is 1.89 bits per heavy atom. The Bertz CT molecular complexity index is 383. The molecule has 0 aliphatic heterocycles. The molecule has 1 N–H and O–H groups in total. The van der Waals surface area contributed by atoms with E-state index in [4.69, 9.17) is 0 Å². The van der Waals surface area contributed by atoms with E-state index >= 15 is 0 Å². The summed E-state index contributed by atoms with van der Waals surface area (Å²) < 4.78 is 0.140. The maximum absolute atomic E-state index is 11.8. The van der Waals surface area contributed by atoms with Gasteiger partial charge in [-0.15, -0.1) is 11.8 Å². The molecule has 0 aliphatic rings. The highest BCUT2D eigenvalue weighted by atomic mass is 32.2. The number of nitrogens with one attached hydrogen (secondary N) is 1. The number of carbonyl (C=O) groups is 1. The minimum atomic E-state index is 0.134. The Morgan fingerprint density at radius 1 is 1.26 bits per heavy atom. The minimum Gasteiger partial charge on any atom is -0.355 e. The maximum Gasteiger partial charge on any atom is 0.230 e. The van der Waals surface area contributed by atoms with Crippen LogP contribution in [-0.4, -0.2) is 23.0 Å². The second-order valence-corrected chi connectivity index (χ2v) is 7.52. The van der Waals surface area contributed by atoms with Gasteiger partial charge in [-0.25, -0.2) is 0 Å². The third-order valence-electron chi connectivity index (χ3n) is 2.95. The van der Waals surface area contributed by atoms with E-state index in [1.54, 1.807) is 11.8 Å². The topological polar surface area (TPSA) is 29.1 Å². The van der Waals surface area contributed by atoms with Gasteiger partial charge in [0, 0.05) is 17.2 Å². The molecule has 1 unspecified atom stereocenters. The molecule has 1 atom stereocenters. The van der Waals surface area contributed by atoms with Gasteiger partial charge >= 0.3 is 0 Å². The molecule has 19 heavy (non-hydrogen) atoms. The van der Waals surface area contributed by atoms with Gasteiger partial charge in [-0.2, -0.15) is 0 Å². The molecule has 1 amide bonds. The molecular formula is C16H25NOS. The van der Waals surface area contributed by atoms with Gasteiger partial charge in [-0.05, 0) is 12.0 Å². The number of thioether (sulfide) groups is 1. The van der Waals surface area contributed by atoms with Crippen molar-refractivity contribution in [3.05, 3.63) is 35.9 Å². The van der Waals surface area contributed by atoms with E-state index in [9.17, 15) is 4.79 Å². The zero-order valence-corrected chi connectivity index (χ0v) is 13.2. The third-order valence-corrected chi connectivity index (χ3v) is 4.22. The van der Waals surface area contributed by atoms with Crippen LogP contribution in [0.5, 0.6) is 0 Å². The number of benzene rings is 1. The third kappa shape index (κ3) is 6.67. The quantitative estimate of drug-likeness (QED) is 0.857. The first-order valence-electron chi connectivity index (χ1n) is 6.88. The number of carbonyl (C=O) groups excluding carboxylic acids is 1. The van der Waals surface area contributed by atoms with Crippen molar-refractivity contribution in [2.75, 3.05) is 12.3 Å². The summed E-state index contributed by atoms with van der Waals surface area (Å²) in [6.07, 6.45) is 1.04. The molecule has 3 heteroatoms. The van der Waals surface area contributed by atoms with E-state index in [0.717, 1.165) is 13.0 Å². The number of hydrogen-bond donors (Lipinski definition) is 1. The Labute approximate surface area is 121 Å². The highest BCUT2D eigenvalue weighted by Gasteiger charge is 2.14. The molecule has 0 heterocycles. The first-order chi connectivity index (χ1) is 8.92. The predicted molar refractivity (Wildman–Crippen MR) is 84.7 cm³/mol. The van der Waals surface area contributed by atoms with E-state index in [0.29, 0.717) is 11.7 Å². The lowest BCUT2D eigenvalue weighted by atomic mass is 9.96. The van der Waals surface area contributed by atoms with E-state index in [-0.39, 0.29) is 10.7 Å². The zero-order chi connectivity index (χ0) is 14.3. The van der Waals surface area contributed by atoms with E-state index in [1.807, 2.05) is 6.07 Å². The maximum atomic E-state index is 11.8. The molecule has 1 aromatic rings. The number of amides is 1. The van der Waals surface area contributed by atoms with Crippen LogP contribution in [0.4, 0.5) is 0 Å². The average molecular weight is 279 g/mol. The van der Waals surface area contributed by atoms with E-state index in [1.165, 1.54) is 5.56 Å². The molecule has 106 valence electrons. The summed E-state index contributed by atoms with van der Waals surface area (Å²) in [6, 6.07) is 10.4. The predicted octanol–water partition coefficient (Wildman–Crippen LogP) is 3.83. The highest BCUT2D eigenvalue weighted by molar-refractivity contribution is 8.01. The largest absolute Gasteiger partial charge is 0.355 e. The second-order valence-electron chi connectivity index (χ2n) is 5.72. The van der Waals surface area contributed by atoms with Crippen LogP contribution in [0.25, 0.3) is 0 Å². The van der Waals surface area contributed by atoms with Crippen LogP contribution in [0, 0.1) is 0 Å². The molecule has 0 fully saturated rings. The zero-order valence-electron chi connectivity index (χ0n) is 12.4. The molecule has 0 spiro atoms. The number of rotatable bonds is 6. The van der Waals surface area contributed by atoms with E-state index in [2.05, 4.69) is 57.3 Å². The molecule has 2 nitrogen and oxygen atoms in total. The molecule has 0 bridgehead atoms. The standard InChI is InChI=1S/C16H25NOS/c1-5-13(14-9-7-6-8-10-14)11-17-15(18)12-19-16(2,3)4/h6-10,13H,5,11-12H2,1-4H3,(H,17,18). The van der Waals surface area contributed by atoms with Crippen LogP contribution >= 0.6 is 11.8 Å². The van der Waals surface area contributed by atoms with Crippen molar-refractivity contribution in [2.45, 2.75) is 44.8 Å². The van der Waals surface area contributed by atoms with E-state index < -0.39 is 0 Å². The first kappa shape index (κ1) is 16.1. The first-order valence-corrected chi connectivity index (χ1v) is 7.86. The Kier molecular flexibility index (Phi) is 6.43. The normalized spacial score (nSPS) is 13.1. The molecule has 1 rings (SSSR count). The Balaban J connectivity index is 2.40. The van der Waals surface area contributed by atoms with Crippen molar-refractivity contribution >= 4 is 17.7 Å². The summed E-state index contributed by atoms with van der Waals surface area (Å²) in [4.78, 5) is 11.8. The molecule has 0 aromatic heterocycles. The minimum absolute atomic E-state index is 0.134. The molecular weight excluding hydrogens is 254 g/mol. The number of hydrogen-bond acceptors (Lipinski definition) is 2. The lowest BCUT2D eigenvalue weighted by Gasteiger charge is -2.19. The van der Waals surface area contributed by atoms with Crippen molar-refractivity contribution in [2.24, 2.45) is 0 Å². The van der Waals surface area contributed by atoms with Crippen LogP contribution in [0.15, 0.2) is 30.3 Å². The summed E-state index contributed by atoms with van der Waals surface area (Å²) >= 11 is 1.68. The highest BCUT2D eigenvalue weighted by Crippen LogP contribution is 2.22. The summed E-state index contributed by atoms with van der Waals surface area (Å²) in [5.41, 5.74) is 1.30. The van der Waals surface area contributed by atoms with Crippen molar-refractivity contribution in [3.63, 3.8) is 0 Å². The van der Waals surface area contributed by atoms with Gasteiger partial charge in [-0.3, -0.25) is 4.79 Å². The van der Waals surface area contributed by atoms with Crippen molar-refractivity contribution in [1.82, 2.24) is 5.32 Å². The van der Waals surface area contributed by atoms with Gasteiger partial charge in [0.2, 0.25) is 5.91 Å². The molecule has 0 saturated carbocycles. The lowest BCUT2D eigenvalue weighted by Crippen LogP contribution is -2.30. The van der Waals surface area contributed by atoms with Crippen molar-refractivity contribution < 1.29 is 4.79 Å². The van der Waals surface area contributed by atoms with Crippen LogP contribution in [0.3, 0.4) is 0 Å². The average Bonchev–Trinajstić information content (AvgIpc) is 2.37. The van der Waals surface area contributed by atoms with Crippen molar-refractivity contribution in [3.8, 4) is 0 Å². The van der Waals surface area contributed by atoms with Gasteiger partial charge in [-0.1, -0.05) is 58.0 Å². The fourth-order valence-electron chi connectivity index (χ4n) is 1.79. The Morgan fingerprint density at radius 3 is 2.42 bits per heavy atom. The SMILES string of the molecule is CCC(CNC(=O)CSC(C)(C)C)c1ccccc1. The van der Waals surface area contributed by atoms with Gasteiger partial charge in [0.1, 0.15) is 0 Å². The summed E-state index contributed by atoms with van der Waals surface area (Å²) in [7, 11) is 0. The summed E-state index contributed by atoms with van der Waals surface area (Å²) in [5.74, 6) is 1.08. The molecule has 1 aromatic carbocycles. The molecule has 0 radical (unpaired) electrons. The Hall–Kier alpha value is -0.960. The molecule has 0 aliphatic carbocycles. The van der Waals surface area contributed by atoms with Gasteiger partial charge in [0.05, 0.1) is 5.75 Å². The van der Waals surface area contributed by atoms with Crippen LogP contribution in [0.2, 0.25) is 0 Å². The van der Waals surface area contributed by atoms with Crippen LogP contribution in [-0.2, 0) is 4.79 Å². The monoisotopic (exact) mass is 279 g/mol. The fraction of sp³-hybridized carbons (Fsp3) is 0.562. The summed E-state index contributed by atoms with van der Waals surface area (Å²) in [5, 5.41) is 3.04. The lowest BCUT2D eigenvalue weighted by molar-refractivity contribution is -0.118. The van der Waals surface area contributed by atoms with Crippen LogP contribution in [0.1, 0.15) is 45.6 Å². The fourth-order valence-corrected chi connectivity index (χ4v) is 2.46. The van der Waals surface area contributed by atoms with Gasteiger partial charge < -0.3 is 5.32 Å². The smallest absolute Gasteiger partial charge is 0.230 e.